The average molecular weight is 152 g/mol. The summed E-state index contributed by atoms with van der Waals surface area (Å²) in [7, 11) is 0. The number of ether oxygens (including phenoxy) is 1. The Labute approximate surface area is 65.9 Å². The Morgan fingerprint density at radius 3 is 2.91 bits per heavy atom. The molecule has 3 rings (SSSR count). The molecule has 0 aromatic carbocycles. The largest absolute Gasteiger partial charge is 0.462 e. The quantitative estimate of drug-likeness (QED) is 0.490. The van der Waals surface area contributed by atoms with Crippen LogP contribution in [0.1, 0.15) is 25.7 Å². The zero-order valence-corrected chi connectivity index (χ0v) is 6.45. The van der Waals surface area contributed by atoms with E-state index in [1.165, 1.54) is 12.8 Å². The summed E-state index contributed by atoms with van der Waals surface area (Å²) in [6.07, 6.45) is 4.82. The first-order valence-corrected chi connectivity index (χ1v) is 4.52. The van der Waals surface area contributed by atoms with Crippen molar-refractivity contribution in [3.05, 3.63) is 0 Å². The van der Waals surface area contributed by atoms with Gasteiger partial charge in [-0.05, 0) is 37.0 Å². The maximum absolute atomic E-state index is 11.0. The average Bonchev–Trinajstić information content (AvgIpc) is 2.41. The number of rotatable bonds is 0. The minimum Gasteiger partial charge on any atom is -0.462 e. The number of hydrogen-bond acceptors (Lipinski definition) is 2. The Hall–Kier alpha value is -0.530. The molecule has 60 valence electrons. The van der Waals surface area contributed by atoms with Crippen molar-refractivity contribution < 1.29 is 9.53 Å². The normalized spacial score (nSPS) is 52.9. The van der Waals surface area contributed by atoms with E-state index in [4.69, 9.17) is 4.74 Å². The van der Waals surface area contributed by atoms with E-state index in [2.05, 4.69) is 0 Å². The summed E-state index contributed by atoms with van der Waals surface area (Å²) in [5, 5.41) is 0. The molecule has 0 aromatic rings. The molecule has 4 atom stereocenters. The Balaban J connectivity index is 1.92. The molecule has 3 fully saturated rings. The molecule has 0 unspecified atom stereocenters. The van der Waals surface area contributed by atoms with Crippen LogP contribution in [-0.4, -0.2) is 12.1 Å². The van der Waals surface area contributed by atoms with Crippen LogP contribution in [0.3, 0.4) is 0 Å². The van der Waals surface area contributed by atoms with Crippen LogP contribution in [0.25, 0.3) is 0 Å². The Morgan fingerprint density at radius 1 is 1.27 bits per heavy atom. The van der Waals surface area contributed by atoms with Crippen molar-refractivity contribution in [3.63, 3.8) is 0 Å². The standard InChI is InChI=1S/C9H12O2/c10-9-4-6-1-5-2-7(6)8(3-5)11-9/h5-8H,1-4H2/t5-,6+,7+,8+/m1/s1. The van der Waals surface area contributed by atoms with E-state index in [-0.39, 0.29) is 5.97 Å². The van der Waals surface area contributed by atoms with Crippen LogP contribution in [0.5, 0.6) is 0 Å². The highest BCUT2D eigenvalue weighted by Gasteiger charge is 2.51. The van der Waals surface area contributed by atoms with E-state index in [1.807, 2.05) is 0 Å². The second kappa shape index (κ2) is 1.79. The van der Waals surface area contributed by atoms with E-state index in [9.17, 15) is 4.79 Å². The molecule has 2 aliphatic carbocycles. The zero-order valence-electron chi connectivity index (χ0n) is 6.45. The third kappa shape index (κ3) is 0.700. The molecule has 1 heterocycles. The molecule has 3 aliphatic rings. The van der Waals surface area contributed by atoms with E-state index in [1.54, 1.807) is 0 Å². The predicted octanol–water partition coefficient (Wildman–Crippen LogP) is 1.35. The Bertz CT molecular complexity index is 194. The summed E-state index contributed by atoms with van der Waals surface area (Å²) < 4.78 is 5.27. The van der Waals surface area contributed by atoms with E-state index in [0.29, 0.717) is 18.4 Å². The molecule has 2 saturated carbocycles. The summed E-state index contributed by atoms with van der Waals surface area (Å²) >= 11 is 0. The minimum atomic E-state index is 0.0524. The molecule has 2 bridgehead atoms. The van der Waals surface area contributed by atoms with Gasteiger partial charge in [-0.2, -0.15) is 0 Å². The number of fused-ring (bicyclic) bond motifs is 1. The van der Waals surface area contributed by atoms with Crippen LogP contribution in [0, 0.1) is 17.8 Å². The number of carbonyl (C=O) groups excluding carboxylic acids is 1. The molecule has 2 heteroatoms. The van der Waals surface area contributed by atoms with Gasteiger partial charge in [0.05, 0.1) is 0 Å². The van der Waals surface area contributed by atoms with Crippen LogP contribution in [0.4, 0.5) is 0 Å². The van der Waals surface area contributed by atoms with Crippen molar-refractivity contribution in [2.75, 3.05) is 0 Å². The molecule has 0 spiro atoms. The third-order valence-electron chi connectivity index (χ3n) is 3.60. The maximum Gasteiger partial charge on any atom is 0.306 e. The topological polar surface area (TPSA) is 26.3 Å². The summed E-state index contributed by atoms with van der Waals surface area (Å²) in [6, 6.07) is 0. The van der Waals surface area contributed by atoms with Crippen LogP contribution in [0.15, 0.2) is 0 Å². The van der Waals surface area contributed by atoms with Gasteiger partial charge in [-0.25, -0.2) is 0 Å². The van der Waals surface area contributed by atoms with E-state index < -0.39 is 0 Å². The molecule has 0 N–H and O–H groups in total. The van der Waals surface area contributed by atoms with Gasteiger partial charge in [0.15, 0.2) is 0 Å². The van der Waals surface area contributed by atoms with Gasteiger partial charge in [0.2, 0.25) is 0 Å². The summed E-state index contributed by atoms with van der Waals surface area (Å²) in [5.74, 6) is 2.39. The van der Waals surface area contributed by atoms with Crippen molar-refractivity contribution >= 4 is 5.97 Å². The van der Waals surface area contributed by atoms with Crippen LogP contribution < -0.4 is 0 Å². The summed E-state index contributed by atoms with van der Waals surface area (Å²) in [6.45, 7) is 0. The minimum absolute atomic E-state index is 0.0524. The molecule has 0 amide bonds. The first-order chi connectivity index (χ1) is 5.33. The maximum atomic E-state index is 11.0. The van der Waals surface area contributed by atoms with Crippen molar-refractivity contribution in [3.8, 4) is 0 Å². The second-order valence-corrected chi connectivity index (χ2v) is 4.23. The SMILES string of the molecule is O=C1C[C@@H]2C[C@@H]3C[C@@H]2[C@H](C3)O1. The molecule has 0 aromatic heterocycles. The monoisotopic (exact) mass is 152 g/mol. The van der Waals surface area contributed by atoms with E-state index >= 15 is 0 Å². The van der Waals surface area contributed by atoms with Crippen LogP contribution >= 0.6 is 0 Å². The van der Waals surface area contributed by atoms with Crippen molar-refractivity contribution in [1.29, 1.82) is 0 Å². The van der Waals surface area contributed by atoms with E-state index in [0.717, 1.165) is 18.3 Å². The summed E-state index contributed by atoms with van der Waals surface area (Å²) in [5.41, 5.74) is 0. The van der Waals surface area contributed by atoms with Gasteiger partial charge >= 0.3 is 5.97 Å². The fraction of sp³-hybridized carbons (Fsp3) is 0.889. The van der Waals surface area contributed by atoms with Crippen molar-refractivity contribution in [1.82, 2.24) is 0 Å². The fourth-order valence-corrected chi connectivity index (χ4v) is 3.23. The zero-order chi connectivity index (χ0) is 7.42. The third-order valence-corrected chi connectivity index (χ3v) is 3.60. The van der Waals surface area contributed by atoms with Gasteiger partial charge in [0.25, 0.3) is 0 Å². The highest BCUT2D eigenvalue weighted by Crippen LogP contribution is 2.53. The smallest absolute Gasteiger partial charge is 0.306 e. The number of hydrogen-bond donors (Lipinski definition) is 0. The van der Waals surface area contributed by atoms with Gasteiger partial charge in [-0.1, -0.05) is 0 Å². The lowest BCUT2D eigenvalue weighted by molar-refractivity contribution is -0.162. The predicted molar refractivity (Wildman–Crippen MR) is 38.8 cm³/mol. The van der Waals surface area contributed by atoms with Crippen LogP contribution in [0.2, 0.25) is 0 Å². The molecular formula is C9H12O2. The molecule has 2 nitrogen and oxygen atoms in total. The van der Waals surface area contributed by atoms with Crippen molar-refractivity contribution in [2.24, 2.45) is 17.8 Å². The van der Waals surface area contributed by atoms with Crippen LogP contribution in [-0.2, 0) is 9.53 Å². The van der Waals surface area contributed by atoms with Gasteiger partial charge < -0.3 is 4.74 Å². The first-order valence-electron chi connectivity index (χ1n) is 4.52. The Morgan fingerprint density at radius 2 is 2.18 bits per heavy atom. The highest BCUT2D eigenvalue weighted by molar-refractivity contribution is 5.71. The number of esters is 1. The lowest BCUT2D eigenvalue weighted by Gasteiger charge is -2.33. The second-order valence-electron chi connectivity index (χ2n) is 4.23. The number of carbonyl (C=O) groups is 1. The fourth-order valence-electron chi connectivity index (χ4n) is 3.23. The van der Waals surface area contributed by atoms with Crippen molar-refractivity contribution in [2.45, 2.75) is 31.8 Å². The molecule has 0 radical (unpaired) electrons. The van der Waals surface area contributed by atoms with Gasteiger partial charge in [-0.15, -0.1) is 0 Å². The lowest BCUT2D eigenvalue weighted by Crippen LogP contribution is -2.36. The van der Waals surface area contributed by atoms with Gasteiger partial charge in [0.1, 0.15) is 6.10 Å². The molecule has 1 aliphatic heterocycles. The summed E-state index contributed by atoms with van der Waals surface area (Å²) in [4.78, 5) is 11.0. The van der Waals surface area contributed by atoms with Gasteiger partial charge in [-0.3, -0.25) is 4.79 Å². The van der Waals surface area contributed by atoms with Gasteiger partial charge in [0, 0.05) is 6.42 Å². The molecular weight excluding hydrogens is 140 g/mol. The highest BCUT2D eigenvalue weighted by atomic mass is 16.5. The molecule has 11 heavy (non-hydrogen) atoms. The molecule has 1 saturated heterocycles. The first kappa shape index (κ1) is 6.04. The lowest BCUT2D eigenvalue weighted by atomic mass is 9.82. The Kier molecular flexibility index (Phi) is 0.984.